The summed E-state index contributed by atoms with van der Waals surface area (Å²) in [5, 5.41) is -0.969. The molecule has 0 aromatic heterocycles. The lowest BCUT2D eigenvalue weighted by atomic mass is 10.4. The molecule has 0 aliphatic rings. The molecule has 0 amide bonds. The van der Waals surface area contributed by atoms with E-state index in [1.54, 1.807) is 0 Å². The maximum atomic E-state index is 12.1. The van der Waals surface area contributed by atoms with Crippen LogP contribution in [0.4, 0.5) is 4.39 Å². The van der Waals surface area contributed by atoms with E-state index in [4.69, 9.17) is 0 Å². The fourth-order valence-corrected chi connectivity index (χ4v) is 0.911. The predicted octanol–water partition coefficient (Wildman–Crippen LogP) is 3.41. The first-order valence-corrected chi connectivity index (χ1v) is 4.31. The van der Waals surface area contributed by atoms with E-state index in [9.17, 15) is 4.39 Å². The molecule has 1 unspecified atom stereocenters. The summed E-state index contributed by atoms with van der Waals surface area (Å²) in [7, 11) is 0. The predicted molar refractivity (Wildman–Crippen MR) is 46.2 cm³/mol. The highest BCUT2D eigenvalue weighted by molar-refractivity contribution is 14.1. The smallest absolute Gasteiger partial charge is 0.185 e. The first kappa shape index (κ1) is 8.88. The first-order chi connectivity index (χ1) is 3.68. The van der Waals surface area contributed by atoms with Crippen molar-refractivity contribution in [3.05, 3.63) is 9.66 Å². The van der Waals surface area contributed by atoms with Crippen LogP contribution in [0.25, 0.3) is 0 Å². The molecule has 48 valence electrons. The lowest BCUT2D eigenvalue weighted by molar-refractivity contribution is 0.526. The van der Waals surface area contributed by atoms with Crippen LogP contribution in [0, 0.1) is 0 Å². The number of hydrogen-bond acceptors (Lipinski definition) is 0. The second-order valence-corrected chi connectivity index (χ2v) is 3.35. The van der Waals surface area contributed by atoms with E-state index < -0.39 is 5.08 Å². The molecule has 0 saturated heterocycles. The summed E-state index contributed by atoms with van der Waals surface area (Å²) < 4.78 is 12.8. The number of halogens is 3. The Labute approximate surface area is 70.8 Å². The van der Waals surface area contributed by atoms with Crippen molar-refractivity contribution >= 4 is 38.5 Å². The van der Waals surface area contributed by atoms with Crippen molar-refractivity contribution in [1.29, 1.82) is 0 Å². The highest BCUT2D eigenvalue weighted by atomic mass is 127. The van der Waals surface area contributed by atoms with Gasteiger partial charge in [0, 0.05) is 3.58 Å². The van der Waals surface area contributed by atoms with Gasteiger partial charge in [-0.05, 0) is 44.9 Å². The SMILES string of the molecule is CCC=C(I)C(F)Br. The van der Waals surface area contributed by atoms with Crippen molar-refractivity contribution in [2.24, 2.45) is 0 Å². The van der Waals surface area contributed by atoms with Crippen molar-refractivity contribution in [2.75, 3.05) is 0 Å². The van der Waals surface area contributed by atoms with Crippen LogP contribution in [0.3, 0.4) is 0 Å². The monoisotopic (exact) mass is 292 g/mol. The average Bonchev–Trinajstić information content (AvgIpc) is 1.67. The van der Waals surface area contributed by atoms with Crippen molar-refractivity contribution in [2.45, 2.75) is 18.4 Å². The molecule has 0 nitrogen and oxygen atoms in total. The molecular formula is C5H7BrFI. The molecule has 0 heterocycles. The van der Waals surface area contributed by atoms with Crippen molar-refractivity contribution in [3.8, 4) is 0 Å². The van der Waals surface area contributed by atoms with Gasteiger partial charge in [0.2, 0.25) is 0 Å². The average molecular weight is 293 g/mol. The van der Waals surface area contributed by atoms with Crippen molar-refractivity contribution < 1.29 is 4.39 Å². The maximum absolute atomic E-state index is 12.1. The molecule has 8 heavy (non-hydrogen) atoms. The zero-order chi connectivity index (χ0) is 6.57. The quantitative estimate of drug-likeness (QED) is 0.540. The lowest BCUT2D eigenvalue weighted by Crippen LogP contribution is -1.83. The minimum Gasteiger partial charge on any atom is -0.229 e. The van der Waals surface area contributed by atoms with Gasteiger partial charge in [0.15, 0.2) is 5.08 Å². The molecule has 0 bridgehead atoms. The fourth-order valence-electron chi connectivity index (χ4n) is 0.284. The standard InChI is InChI=1S/C5H7BrFI/c1-2-3-4(8)5(6)7/h3,5H,2H2,1H3. The van der Waals surface area contributed by atoms with Gasteiger partial charge in [-0.3, -0.25) is 0 Å². The van der Waals surface area contributed by atoms with Gasteiger partial charge < -0.3 is 0 Å². The normalized spacial score (nSPS) is 16.2. The molecule has 0 radical (unpaired) electrons. The highest BCUT2D eigenvalue weighted by Crippen LogP contribution is 2.20. The van der Waals surface area contributed by atoms with Crippen LogP contribution in [-0.4, -0.2) is 5.08 Å². The minimum atomic E-state index is -0.969. The van der Waals surface area contributed by atoms with Crippen LogP contribution in [-0.2, 0) is 0 Å². The van der Waals surface area contributed by atoms with E-state index in [-0.39, 0.29) is 0 Å². The molecular weight excluding hydrogens is 286 g/mol. The Bertz CT molecular complexity index is 90.4. The molecule has 0 fully saturated rings. The first-order valence-electron chi connectivity index (χ1n) is 2.32. The Morgan fingerprint density at radius 2 is 2.50 bits per heavy atom. The molecule has 1 atom stereocenters. The van der Waals surface area contributed by atoms with Gasteiger partial charge >= 0.3 is 0 Å². The summed E-state index contributed by atoms with van der Waals surface area (Å²) in [6.07, 6.45) is 2.74. The van der Waals surface area contributed by atoms with E-state index in [0.717, 1.165) is 10.0 Å². The number of allylic oxidation sites excluding steroid dienone is 2. The van der Waals surface area contributed by atoms with Crippen LogP contribution in [0.1, 0.15) is 13.3 Å². The third kappa shape index (κ3) is 3.83. The third-order valence-corrected chi connectivity index (χ3v) is 2.94. The summed E-state index contributed by atoms with van der Waals surface area (Å²) >= 11 is 4.77. The van der Waals surface area contributed by atoms with Crippen molar-refractivity contribution in [3.63, 3.8) is 0 Å². The molecule has 3 heteroatoms. The van der Waals surface area contributed by atoms with Crippen LogP contribution in [0.2, 0.25) is 0 Å². The Morgan fingerprint density at radius 1 is 2.00 bits per heavy atom. The Hall–Kier alpha value is 0.880. The fraction of sp³-hybridized carbons (Fsp3) is 0.600. The number of alkyl halides is 2. The van der Waals surface area contributed by atoms with Gasteiger partial charge in [-0.2, -0.15) is 0 Å². The maximum Gasteiger partial charge on any atom is 0.185 e. The topological polar surface area (TPSA) is 0 Å². The van der Waals surface area contributed by atoms with Crippen LogP contribution in [0.5, 0.6) is 0 Å². The summed E-state index contributed by atoms with van der Waals surface area (Å²) in [5.41, 5.74) is 0. The Kier molecular flexibility index (Phi) is 5.25. The van der Waals surface area contributed by atoms with Gasteiger partial charge in [0.05, 0.1) is 0 Å². The zero-order valence-corrected chi connectivity index (χ0v) is 8.24. The summed E-state index contributed by atoms with van der Waals surface area (Å²) in [6, 6.07) is 0. The van der Waals surface area contributed by atoms with Gasteiger partial charge in [0.1, 0.15) is 0 Å². The van der Waals surface area contributed by atoms with Crippen LogP contribution < -0.4 is 0 Å². The molecule has 0 spiro atoms. The Balaban J connectivity index is 3.61. The van der Waals surface area contributed by atoms with E-state index in [1.165, 1.54) is 0 Å². The molecule has 0 saturated carbocycles. The number of rotatable bonds is 2. The summed E-state index contributed by atoms with van der Waals surface area (Å²) in [6.45, 7) is 1.98. The van der Waals surface area contributed by atoms with E-state index >= 15 is 0 Å². The highest BCUT2D eigenvalue weighted by Gasteiger charge is 2.01. The Morgan fingerprint density at radius 3 is 2.62 bits per heavy atom. The largest absolute Gasteiger partial charge is 0.229 e. The van der Waals surface area contributed by atoms with Gasteiger partial charge in [0.25, 0.3) is 0 Å². The molecule has 0 aromatic rings. The number of hydrogen-bond donors (Lipinski definition) is 0. The van der Waals surface area contributed by atoms with E-state index in [0.29, 0.717) is 0 Å². The van der Waals surface area contributed by atoms with Crippen molar-refractivity contribution in [1.82, 2.24) is 0 Å². The molecule has 0 rings (SSSR count). The van der Waals surface area contributed by atoms with Gasteiger partial charge in [-0.1, -0.05) is 13.0 Å². The lowest BCUT2D eigenvalue weighted by Gasteiger charge is -1.93. The van der Waals surface area contributed by atoms with E-state index in [1.807, 2.05) is 35.6 Å². The summed E-state index contributed by atoms with van der Waals surface area (Å²) in [4.78, 5) is 0. The molecule has 0 aliphatic carbocycles. The second kappa shape index (κ2) is 4.73. The van der Waals surface area contributed by atoms with Gasteiger partial charge in [-0.15, -0.1) is 0 Å². The second-order valence-electron chi connectivity index (χ2n) is 1.30. The van der Waals surface area contributed by atoms with Crippen LogP contribution in [0.15, 0.2) is 9.66 Å². The minimum absolute atomic E-state index is 0.727. The molecule has 0 N–H and O–H groups in total. The van der Waals surface area contributed by atoms with Crippen LogP contribution >= 0.6 is 38.5 Å². The zero-order valence-electron chi connectivity index (χ0n) is 4.50. The molecule has 0 aliphatic heterocycles. The van der Waals surface area contributed by atoms with E-state index in [2.05, 4.69) is 15.9 Å². The van der Waals surface area contributed by atoms with Gasteiger partial charge in [-0.25, -0.2) is 4.39 Å². The summed E-state index contributed by atoms with van der Waals surface area (Å²) in [5.74, 6) is 0. The third-order valence-electron chi connectivity index (χ3n) is 0.608. The molecule has 0 aromatic carbocycles.